The molecule has 1 heterocycles. The number of aromatic nitrogens is 1. The highest BCUT2D eigenvalue weighted by Gasteiger charge is 2.32. The van der Waals surface area contributed by atoms with Gasteiger partial charge in [-0.3, -0.25) is 0 Å². The van der Waals surface area contributed by atoms with Crippen LogP contribution in [0.25, 0.3) is 23.1 Å². The number of carboxylic acids is 1. The summed E-state index contributed by atoms with van der Waals surface area (Å²) < 4.78 is 11.7. The second-order valence-electron chi connectivity index (χ2n) is 8.16. The maximum absolute atomic E-state index is 11.6. The van der Waals surface area contributed by atoms with Crippen LogP contribution in [0.15, 0.2) is 78.9 Å². The largest absolute Gasteiger partial charge is 0.478 e. The molecule has 5 nitrogen and oxygen atoms in total. The van der Waals surface area contributed by atoms with Crippen LogP contribution < -0.4 is 0 Å². The Morgan fingerprint density at radius 3 is 2.51 bits per heavy atom. The quantitative estimate of drug-likeness (QED) is 0.262. The van der Waals surface area contributed by atoms with Crippen molar-refractivity contribution in [3.63, 3.8) is 0 Å². The molecule has 0 amide bonds. The van der Waals surface area contributed by atoms with Gasteiger partial charge in [0.1, 0.15) is 0 Å². The van der Waals surface area contributed by atoms with Gasteiger partial charge in [-0.2, -0.15) is 0 Å². The first kappa shape index (κ1) is 24.6. The highest BCUT2D eigenvalue weighted by molar-refractivity contribution is 6.31. The molecule has 4 aromatic rings. The van der Waals surface area contributed by atoms with Crippen LogP contribution in [0.3, 0.4) is 0 Å². The summed E-state index contributed by atoms with van der Waals surface area (Å²) in [5, 5.41) is 11.2. The summed E-state index contributed by atoms with van der Waals surface area (Å²) in [7, 11) is 3.19. The minimum atomic E-state index is -1.02. The molecule has 178 valence electrons. The Morgan fingerprint density at radius 2 is 1.74 bits per heavy atom. The number of hydrogen-bond donors (Lipinski definition) is 1. The number of aromatic carboxylic acids is 1. The van der Waals surface area contributed by atoms with E-state index in [-0.39, 0.29) is 5.56 Å². The van der Waals surface area contributed by atoms with E-state index in [0.717, 1.165) is 33.3 Å². The smallest absolute Gasteiger partial charge is 0.335 e. The van der Waals surface area contributed by atoms with E-state index < -0.39 is 11.8 Å². The summed E-state index contributed by atoms with van der Waals surface area (Å²) in [4.78, 5) is 16.3. The molecule has 0 radical (unpaired) electrons. The Balaban J connectivity index is 1.58. The number of pyridine rings is 1. The van der Waals surface area contributed by atoms with E-state index in [2.05, 4.69) is 4.98 Å². The van der Waals surface area contributed by atoms with Crippen molar-refractivity contribution in [1.82, 2.24) is 4.98 Å². The van der Waals surface area contributed by atoms with Crippen molar-refractivity contribution in [3.8, 4) is 0 Å². The molecule has 0 unspecified atom stereocenters. The molecule has 4 rings (SSSR count). The zero-order chi connectivity index (χ0) is 24.8. The van der Waals surface area contributed by atoms with Crippen LogP contribution in [0.1, 0.15) is 39.2 Å². The molecule has 0 aliphatic heterocycles. The minimum absolute atomic E-state index is 0.287. The molecule has 0 bridgehead atoms. The fraction of sp³-hybridized carbons (Fsp3) is 0.172. The third-order valence-corrected chi connectivity index (χ3v) is 6.31. The van der Waals surface area contributed by atoms with Crippen molar-refractivity contribution >= 4 is 40.6 Å². The Labute approximate surface area is 209 Å². The number of hydrogen-bond acceptors (Lipinski definition) is 4. The van der Waals surface area contributed by atoms with Crippen molar-refractivity contribution < 1.29 is 19.4 Å². The van der Waals surface area contributed by atoms with Crippen LogP contribution in [0, 0.1) is 0 Å². The average Bonchev–Trinajstić information content (AvgIpc) is 2.88. The van der Waals surface area contributed by atoms with Gasteiger partial charge in [0.15, 0.2) is 5.79 Å². The number of methoxy groups -OCH3 is 2. The van der Waals surface area contributed by atoms with Crippen LogP contribution >= 0.6 is 11.6 Å². The Morgan fingerprint density at radius 1 is 0.971 bits per heavy atom. The third kappa shape index (κ3) is 5.60. The zero-order valence-corrected chi connectivity index (χ0v) is 20.3. The van der Waals surface area contributed by atoms with Crippen molar-refractivity contribution in [3.05, 3.63) is 112 Å². The zero-order valence-electron chi connectivity index (χ0n) is 19.6. The van der Waals surface area contributed by atoms with E-state index in [1.165, 1.54) is 0 Å². The molecule has 0 saturated carbocycles. The van der Waals surface area contributed by atoms with E-state index in [4.69, 9.17) is 21.1 Å². The lowest BCUT2D eigenvalue weighted by Crippen LogP contribution is -2.31. The summed E-state index contributed by atoms with van der Waals surface area (Å²) in [5.41, 5.74) is 4.48. The Kier molecular flexibility index (Phi) is 7.61. The lowest BCUT2D eigenvalue weighted by Gasteiger charge is -2.32. The number of carboxylic acid groups (broad SMARTS) is 1. The molecule has 0 aliphatic rings. The van der Waals surface area contributed by atoms with E-state index >= 15 is 0 Å². The first-order valence-electron chi connectivity index (χ1n) is 11.2. The van der Waals surface area contributed by atoms with Crippen molar-refractivity contribution in [2.45, 2.75) is 18.6 Å². The summed E-state index contributed by atoms with van der Waals surface area (Å²) >= 11 is 6.11. The predicted octanol–water partition coefficient (Wildman–Crippen LogP) is 6.84. The molecule has 0 aliphatic carbocycles. The number of rotatable bonds is 9. The maximum Gasteiger partial charge on any atom is 0.335 e. The van der Waals surface area contributed by atoms with Crippen LogP contribution in [-0.2, 0) is 21.7 Å². The van der Waals surface area contributed by atoms with Crippen LogP contribution in [0.2, 0.25) is 5.02 Å². The number of aryl methyl sites for hydroxylation is 1. The summed E-state index contributed by atoms with van der Waals surface area (Å²) in [5.74, 6) is -1.97. The minimum Gasteiger partial charge on any atom is -0.478 e. The molecule has 35 heavy (non-hydrogen) atoms. The van der Waals surface area contributed by atoms with E-state index in [1.54, 1.807) is 26.4 Å². The molecular weight excluding hydrogens is 462 g/mol. The Bertz CT molecular complexity index is 1380. The first-order chi connectivity index (χ1) is 16.9. The van der Waals surface area contributed by atoms with E-state index in [9.17, 15) is 9.90 Å². The van der Waals surface area contributed by atoms with E-state index in [1.807, 2.05) is 78.9 Å². The lowest BCUT2D eigenvalue weighted by molar-refractivity contribution is -0.219. The number of carbonyl (C=O) groups is 1. The number of ether oxygens (including phenoxy) is 2. The molecular formula is C29H26ClNO4. The molecule has 0 atom stereocenters. The number of fused-ring (bicyclic) bond motifs is 1. The second-order valence-corrected chi connectivity index (χ2v) is 8.59. The lowest BCUT2D eigenvalue weighted by atomic mass is 9.94. The van der Waals surface area contributed by atoms with Gasteiger partial charge in [-0.25, -0.2) is 9.78 Å². The summed E-state index contributed by atoms with van der Waals surface area (Å²) in [6, 6.07) is 24.5. The molecule has 0 saturated heterocycles. The SMILES string of the molecule is COC(CCc1ccccc1C(=O)O)(OC)c1cccc(/C=C/c2ccc3ccc(Cl)cc3n2)c1. The van der Waals surface area contributed by atoms with Crippen LogP contribution in [0.4, 0.5) is 0 Å². The standard InChI is InChI=1S/C29H26ClNO4/c1-34-29(35-2,17-16-21-7-3-4-9-26(21)28(32)33)23-8-5-6-20(18-23)10-14-25-15-12-22-11-13-24(30)19-27(22)31-25/h3-15,18-19H,16-17H2,1-2H3,(H,32,33)/b14-10+. The van der Waals surface area contributed by atoms with Gasteiger partial charge in [0.2, 0.25) is 0 Å². The van der Waals surface area contributed by atoms with Gasteiger partial charge < -0.3 is 14.6 Å². The van der Waals surface area contributed by atoms with Gasteiger partial charge in [-0.15, -0.1) is 0 Å². The summed E-state index contributed by atoms with van der Waals surface area (Å²) in [6.07, 6.45) is 4.86. The molecule has 3 aromatic carbocycles. The van der Waals surface area contributed by atoms with Crippen LogP contribution in [-0.4, -0.2) is 30.3 Å². The topological polar surface area (TPSA) is 68.7 Å². The van der Waals surface area contributed by atoms with Gasteiger partial charge in [0.05, 0.1) is 16.8 Å². The maximum atomic E-state index is 11.6. The number of halogens is 1. The van der Waals surface area contributed by atoms with Crippen molar-refractivity contribution in [2.75, 3.05) is 14.2 Å². The molecule has 1 aromatic heterocycles. The molecule has 6 heteroatoms. The predicted molar refractivity (Wildman–Crippen MR) is 140 cm³/mol. The monoisotopic (exact) mass is 487 g/mol. The van der Waals surface area contributed by atoms with Crippen LogP contribution in [0.5, 0.6) is 0 Å². The molecule has 0 spiro atoms. The molecule has 1 N–H and O–H groups in total. The second kappa shape index (κ2) is 10.8. The first-order valence-corrected chi connectivity index (χ1v) is 11.6. The van der Waals surface area contributed by atoms with Gasteiger partial charge >= 0.3 is 5.97 Å². The Hall–Kier alpha value is -3.51. The molecule has 0 fully saturated rings. The average molecular weight is 488 g/mol. The highest BCUT2D eigenvalue weighted by atomic mass is 35.5. The summed E-state index contributed by atoms with van der Waals surface area (Å²) in [6.45, 7) is 0. The highest BCUT2D eigenvalue weighted by Crippen LogP contribution is 2.33. The normalized spacial score (nSPS) is 11.9. The van der Waals surface area contributed by atoms with Gasteiger partial charge in [-0.1, -0.05) is 66.2 Å². The van der Waals surface area contributed by atoms with Gasteiger partial charge in [-0.05, 0) is 54.0 Å². The fourth-order valence-electron chi connectivity index (χ4n) is 4.17. The van der Waals surface area contributed by atoms with Crippen molar-refractivity contribution in [2.24, 2.45) is 0 Å². The van der Waals surface area contributed by atoms with E-state index in [0.29, 0.717) is 17.9 Å². The van der Waals surface area contributed by atoms with Gasteiger partial charge in [0.25, 0.3) is 0 Å². The van der Waals surface area contributed by atoms with Gasteiger partial charge in [0, 0.05) is 36.6 Å². The number of benzene rings is 3. The van der Waals surface area contributed by atoms with Crippen molar-refractivity contribution in [1.29, 1.82) is 0 Å². The fourth-order valence-corrected chi connectivity index (χ4v) is 4.34. The third-order valence-electron chi connectivity index (χ3n) is 6.08. The number of nitrogens with zero attached hydrogens (tertiary/aromatic N) is 1.